The van der Waals surface area contributed by atoms with Crippen LogP contribution < -0.4 is 20.6 Å². The molecule has 0 radical (unpaired) electrons. The molecule has 0 unspecified atom stereocenters. The molecule has 0 aromatic carbocycles. The van der Waals surface area contributed by atoms with Gasteiger partial charge < -0.3 is 0 Å². The zero-order valence-corrected chi connectivity index (χ0v) is 15.5. The summed E-state index contributed by atoms with van der Waals surface area (Å²) in [7, 11) is -21.0. The molecule has 0 spiro atoms. The topological polar surface area (TPSA) is 278 Å². The summed E-state index contributed by atoms with van der Waals surface area (Å²) < 4.78 is 101. The van der Waals surface area contributed by atoms with Crippen LogP contribution in [0.4, 0.5) is 0 Å². The van der Waals surface area contributed by atoms with Crippen molar-refractivity contribution in [3.05, 3.63) is 0 Å². The van der Waals surface area contributed by atoms with Crippen LogP contribution in [0, 0.1) is 0 Å². The minimum absolute atomic E-state index is 3.67. The molecule has 16 nitrogen and oxygen atoms in total. The second-order valence-electron chi connectivity index (χ2n) is 2.80. The first-order valence-electron chi connectivity index (χ1n) is 3.76. The van der Waals surface area contributed by atoms with Gasteiger partial charge in [0, 0.05) is 0 Å². The molecular weight excluding hydrogens is 495 g/mol. The average molecular weight is 503 g/mol. The molecule has 0 rings (SSSR count). The Bertz CT molecular complexity index is 644. The zero-order valence-electron chi connectivity index (χ0n) is 9.34. The molecule has 8 N–H and O–H groups in total. The first-order chi connectivity index (χ1) is 8.83. The maximum absolute atomic E-state index is 10.8. The molecule has 0 atom stereocenters. The van der Waals surface area contributed by atoms with Crippen molar-refractivity contribution in [1.82, 2.24) is 0 Å². The van der Waals surface area contributed by atoms with Gasteiger partial charge in [-0.25, -0.2) is 0 Å². The fourth-order valence-electron chi connectivity index (χ4n) is 0.652. The van der Waals surface area contributed by atoms with Gasteiger partial charge in [-0.05, 0) is 0 Å². The molecule has 0 aliphatic heterocycles. The first-order valence-corrected chi connectivity index (χ1v) is 14.3. The Morgan fingerprint density at radius 3 is 0.714 bits per heavy atom. The van der Waals surface area contributed by atoms with Gasteiger partial charge >= 0.3 is 126 Å². The SMILES string of the molecule is NS(=O)(=O)[O][Sn]([O]S(N)(=O)=O)([O]S(N)(=O)=O)[O]S(N)(=O)=O. The van der Waals surface area contributed by atoms with Gasteiger partial charge in [0.15, 0.2) is 0 Å². The molecule has 0 aromatic rings. The summed E-state index contributed by atoms with van der Waals surface area (Å²) in [5.74, 6) is 0. The quantitative estimate of drug-likeness (QED) is 0.226. The summed E-state index contributed by atoms with van der Waals surface area (Å²) in [6.45, 7) is 0. The van der Waals surface area contributed by atoms with Crippen molar-refractivity contribution in [2.24, 2.45) is 20.6 Å². The van der Waals surface area contributed by atoms with E-state index in [1.165, 1.54) is 0 Å². The van der Waals surface area contributed by atoms with Crippen LogP contribution in [0.25, 0.3) is 0 Å². The van der Waals surface area contributed by atoms with Crippen molar-refractivity contribution in [3.63, 3.8) is 0 Å². The Morgan fingerprint density at radius 2 is 0.619 bits per heavy atom. The Kier molecular flexibility index (Phi) is 6.50. The fourth-order valence-corrected chi connectivity index (χ4v) is 16.5. The normalized spacial score (nSPS) is 15.0. The molecule has 128 valence electrons. The van der Waals surface area contributed by atoms with Crippen molar-refractivity contribution in [3.8, 4) is 0 Å². The molecule has 0 saturated carbocycles. The summed E-state index contributed by atoms with van der Waals surface area (Å²) >= 11 is -7.10. The van der Waals surface area contributed by atoms with E-state index in [1.807, 2.05) is 0 Å². The van der Waals surface area contributed by atoms with E-state index in [1.54, 1.807) is 0 Å². The monoisotopic (exact) mass is 504 g/mol. The summed E-state index contributed by atoms with van der Waals surface area (Å²) in [5, 5.41) is 17.3. The van der Waals surface area contributed by atoms with Crippen LogP contribution >= 0.6 is 0 Å². The molecule has 0 aromatic heterocycles. The Labute approximate surface area is 125 Å². The molecule has 0 aliphatic rings. The molecule has 21 heavy (non-hydrogen) atoms. The van der Waals surface area contributed by atoms with Crippen LogP contribution in [0.2, 0.25) is 0 Å². The Hall–Kier alpha value is 0.279. The molecule has 0 fully saturated rings. The molecule has 0 saturated heterocycles. The van der Waals surface area contributed by atoms with Crippen LogP contribution in [-0.4, -0.2) is 53.7 Å². The summed E-state index contributed by atoms with van der Waals surface area (Å²) in [6.07, 6.45) is 0. The van der Waals surface area contributed by atoms with E-state index in [0.717, 1.165) is 0 Å². The van der Waals surface area contributed by atoms with Crippen LogP contribution in [0.15, 0.2) is 0 Å². The van der Waals surface area contributed by atoms with Crippen LogP contribution in [0.5, 0.6) is 0 Å². The van der Waals surface area contributed by atoms with E-state index in [4.69, 9.17) is 0 Å². The van der Waals surface area contributed by atoms with E-state index in [9.17, 15) is 33.7 Å². The summed E-state index contributed by atoms with van der Waals surface area (Å²) in [5.41, 5.74) is 0. The van der Waals surface area contributed by atoms with Gasteiger partial charge in [-0.1, -0.05) is 0 Å². The molecule has 0 aliphatic carbocycles. The third-order valence-electron chi connectivity index (χ3n) is 0.873. The van der Waals surface area contributed by atoms with E-state index < -0.39 is 61.3 Å². The molecular formula is H8N4O12S4Sn. The van der Waals surface area contributed by atoms with Gasteiger partial charge in [0.1, 0.15) is 0 Å². The predicted octanol–water partition coefficient (Wildman–Crippen LogP) is -5.70. The van der Waals surface area contributed by atoms with Gasteiger partial charge in [-0.2, -0.15) is 0 Å². The molecule has 0 heterocycles. The minimum atomic E-state index is -7.10. The standard InChI is InChI=1S/4H3NO3S.Sn/c4*1-5(2,3)4;/h4*(H3,1,2,3,4);/q;;;;+4/p-4. The van der Waals surface area contributed by atoms with Crippen LogP contribution in [0.1, 0.15) is 0 Å². The number of rotatable bonds is 8. The van der Waals surface area contributed by atoms with Crippen molar-refractivity contribution < 1.29 is 43.8 Å². The van der Waals surface area contributed by atoms with E-state index in [0.29, 0.717) is 0 Å². The van der Waals surface area contributed by atoms with Gasteiger partial charge in [0.2, 0.25) is 0 Å². The number of hydrogen-bond donors (Lipinski definition) is 4. The third kappa shape index (κ3) is 11.5. The van der Waals surface area contributed by atoms with E-state index in [2.05, 4.69) is 30.6 Å². The summed E-state index contributed by atoms with van der Waals surface area (Å²) in [4.78, 5) is 0. The van der Waals surface area contributed by atoms with Gasteiger partial charge in [0.25, 0.3) is 0 Å². The van der Waals surface area contributed by atoms with Crippen LogP contribution in [-0.2, 0) is 51.3 Å². The third-order valence-corrected chi connectivity index (χ3v) is 17.6. The predicted molar refractivity (Wildman–Crippen MR) is 62.5 cm³/mol. The van der Waals surface area contributed by atoms with E-state index >= 15 is 0 Å². The Morgan fingerprint density at radius 1 is 0.476 bits per heavy atom. The second kappa shape index (κ2) is 6.41. The molecule has 0 amide bonds. The number of nitrogens with two attached hydrogens (primary N) is 4. The second-order valence-corrected chi connectivity index (χ2v) is 16.0. The van der Waals surface area contributed by atoms with Crippen molar-refractivity contribution in [2.75, 3.05) is 0 Å². The number of hydrogen-bond acceptors (Lipinski definition) is 12. The molecule has 21 heteroatoms. The van der Waals surface area contributed by atoms with Crippen molar-refractivity contribution in [1.29, 1.82) is 0 Å². The van der Waals surface area contributed by atoms with Crippen LogP contribution in [0.3, 0.4) is 0 Å². The maximum atomic E-state index is 10.8. The van der Waals surface area contributed by atoms with Gasteiger partial charge in [0.05, 0.1) is 0 Å². The van der Waals surface area contributed by atoms with Gasteiger partial charge in [-0.3, -0.25) is 0 Å². The Balaban J connectivity index is 6.18. The zero-order chi connectivity index (χ0) is 17.3. The van der Waals surface area contributed by atoms with Crippen molar-refractivity contribution >= 4 is 61.3 Å². The van der Waals surface area contributed by atoms with E-state index in [-0.39, 0.29) is 0 Å². The first kappa shape index (κ1) is 21.3. The summed E-state index contributed by atoms with van der Waals surface area (Å²) in [6, 6.07) is 0. The fraction of sp³-hybridized carbons (Fsp3) is 0. The van der Waals surface area contributed by atoms with Crippen molar-refractivity contribution in [2.45, 2.75) is 0 Å². The average Bonchev–Trinajstić information content (AvgIpc) is 1.83. The molecule has 0 bridgehead atoms. The van der Waals surface area contributed by atoms with Gasteiger partial charge in [-0.15, -0.1) is 0 Å².